The summed E-state index contributed by atoms with van der Waals surface area (Å²) in [5, 5.41) is 2.19. The molecule has 2 N–H and O–H groups in total. The monoisotopic (exact) mass is 584 g/mol. The predicted octanol–water partition coefficient (Wildman–Crippen LogP) is 2.38. The summed E-state index contributed by atoms with van der Waals surface area (Å²) >= 11 is 6.69. The van der Waals surface area contributed by atoms with Crippen molar-refractivity contribution in [3.05, 3.63) is 28.4 Å². The lowest BCUT2D eigenvalue weighted by Crippen LogP contribution is -2.82. The molecule has 0 aromatic heterocycles. The van der Waals surface area contributed by atoms with Gasteiger partial charge >= 0.3 is 5.97 Å². The number of hydrogen-bond donors (Lipinski definition) is 1. The summed E-state index contributed by atoms with van der Waals surface area (Å²) < 4.78 is 8.83. The summed E-state index contributed by atoms with van der Waals surface area (Å²) in [6.07, 6.45) is 0.927. The molecule has 0 saturated carbocycles. The van der Waals surface area contributed by atoms with Crippen molar-refractivity contribution in [2.24, 2.45) is 0 Å². The number of benzene rings is 1. The number of esters is 1. The van der Waals surface area contributed by atoms with Gasteiger partial charge in [0, 0.05) is 17.1 Å². The second-order valence-electron chi connectivity index (χ2n) is 4.62. The zero-order chi connectivity index (χ0) is 13.3. The third kappa shape index (κ3) is 3.48. The average Bonchev–Trinajstić information content (AvgIpc) is 2.70. The van der Waals surface area contributed by atoms with E-state index in [1.54, 1.807) is 0 Å². The van der Waals surface area contributed by atoms with Gasteiger partial charge in [-0.3, -0.25) is 0 Å². The highest BCUT2D eigenvalue weighted by Crippen LogP contribution is 2.25. The number of nitrogens with two attached hydrogens (primary N) is 1. The standard InChI is InChI=1S/C12H12I3NO2/c1-12(2-3-16-6-12)18-11(17)8-4-7(13)5-9(14)10(8)15/h4-5,16H,2-3,6H2,1H3/p+1. The van der Waals surface area contributed by atoms with Crippen molar-refractivity contribution in [3.63, 3.8) is 0 Å². The Morgan fingerprint density at radius 2 is 2.11 bits per heavy atom. The molecule has 6 heteroatoms. The van der Waals surface area contributed by atoms with Gasteiger partial charge in [-0.05, 0) is 86.8 Å². The fraction of sp³-hybridized carbons (Fsp3) is 0.417. The van der Waals surface area contributed by atoms with Crippen LogP contribution in [0.4, 0.5) is 0 Å². The van der Waals surface area contributed by atoms with Gasteiger partial charge in [0.2, 0.25) is 0 Å². The lowest BCUT2D eigenvalue weighted by atomic mass is 10.1. The van der Waals surface area contributed by atoms with Crippen LogP contribution in [0, 0.1) is 10.7 Å². The number of carbonyl (C=O) groups is 1. The minimum Gasteiger partial charge on any atom is -0.449 e. The van der Waals surface area contributed by atoms with E-state index in [1.165, 1.54) is 0 Å². The second kappa shape index (κ2) is 6.08. The normalized spacial score (nSPS) is 23.1. The molecule has 0 spiro atoms. The lowest BCUT2D eigenvalue weighted by molar-refractivity contribution is -0.640. The van der Waals surface area contributed by atoms with Crippen molar-refractivity contribution in [1.29, 1.82) is 0 Å². The maximum atomic E-state index is 12.3. The lowest BCUT2D eigenvalue weighted by Gasteiger charge is -2.21. The summed E-state index contributed by atoms with van der Waals surface area (Å²) in [6, 6.07) is 3.96. The molecule has 1 aromatic rings. The molecule has 3 nitrogen and oxygen atoms in total. The summed E-state index contributed by atoms with van der Waals surface area (Å²) in [4.78, 5) is 12.3. The van der Waals surface area contributed by atoms with Gasteiger partial charge in [0.15, 0.2) is 5.60 Å². The predicted molar refractivity (Wildman–Crippen MR) is 94.7 cm³/mol. The minimum absolute atomic E-state index is 0.200. The van der Waals surface area contributed by atoms with Crippen LogP contribution in [0.3, 0.4) is 0 Å². The molecule has 1 aliphatic rings. The van der Waals surface area contributed by atoms with Crippen LogP contribution in [-0.2, 0) is 4.74 Å². The molecule has 1 atom stereocenters. The molecule has 1 unspecified atom stereocenters. The first-order chi connectivity index (χ1) is 8.41. The molecule has 1 aromatic carbocycles. The topological polar surface area (TPSA) is 42.9 Å². The highest BCUT2D eigenvalue weighted by molar-refractivity contribution is 14.1. The minimum atomic E-state index is -0.313. The fourth-order valence-corrected chi connectivity index (χ4v) is 4.37. The van der Waals surface area contributed by atoms with Crippen molar-refractivity contribution >= 4 is 73.7 Å². The fourth-order valence-electron chi connectivity index (χ4n) is 1.99. The molecule has 1 saturated heterocycles. The van der Waals surface area contributed by atoms with Gasteiger partial charge in [0.25, 0.3) is 0 Å². The molecule has 0 bridgehead atoms. The number of halogens is 3. The highest BCUT2D eigenvalue weighted by Gasteiger charge is 2.36. The average molecular weight is 584 g/mol. The van der Waals surface area contributed by atoms with Crippen LogP contribution < -0.4 is 5.32 Å². The van der Waals surface area contributed by atoms with E-state index in [2.05, 4.69) is 79.2 Å². The molecule has 18 heavy (non-hydrogen) atoms. The number of hydrogen-bond acceptors (Lipinski definition) is 2. The van der Waals surface area contributed by atoms with Crippen molar-refractivity contribution in [1.82, 2.24) is 0 Å². The first kappa shape index (κ1) is 15.2. The zero-order valence-corrected chi connectivity index (χ0v) is 16.3. The van der Waals surface area contributed by atoms with E-state index in [-0.39, 0.29) is 11.6 Å². The van der Waals surface area contributed by atoms with Gasteiger partial charge in [-0.25, -0.2) is 4.79 Å². The Morgan fingerprint density at radius 3 is 2.72 bits per heavy atom. The van der Waals surface area contributed by atoms with Crippen molar-refractivity contribution in [2.45, 2.75) is 18.9 Å². The van der Waals surface area contributed by atoms with Crippen LogP contribution in [0.15, 0.2) is 12.1 Å². The summed E-state index contributed by atoms with van der Waals surface area (Å²) in [5.41, 5.74) is 0.368. The molecule has 0 radical (unpaired) electrons. The first-order valence-electron chi connectivity index (χ1n) is 5.61. The second-order valence-corrected chi connectivity index (χ2v) is 8.11. The van der Waals surface area contributed by atoms with E-state index < -0.39 is 0 Å². The van der Waals surface area contributed by atoms with Crippen LogP contribution in [0.1, 0.15) is 23.7 Å². The number of rotatable bonds is 2. The maximum absolute atomic E-state index is 12.3. The number of quaternary nitrogens is 1. The quantitative estimate of drug-likeness (QED) is 0.330. The Labute approximate surface area is 147 Å². The van der Waals surface area contributed by atoms with E-state index in [1.807, 2.05) is 13.0 Å². The van der Waals surface area contributed by atoms with Gasteiger partial charge in [-0.15, -0.1) is 0 Å². The Balaban J connectivity index is 2.23. The molecule has 0 aliphatic carbocycles. The van der Waals surface area contributed by atoms with E-state index in [4.69, 9.17) is 4.74 Å². The molecule has 1 aliphatic heterocycles. The maximum Gasteiger partial charge on any atom is 0.340 e. The molecule has 2 rings (SSSR count). The van der Waals surface area contributed by atoms with Crippen LogP contribution in [0.5, 0.6) is 0 Å². The third-order valence-corrected chi connectivity index (χ3v) is 6.67. The van der Waals surface area contributed by atoms with Crippen LogP contribution in [-0.4, -0.2) is 24.7 Å². The molecule has 1 fully saturated rings. The largest absolute Gasteiger partial charge is 0.449 e. The van der Waals surface area contributed by atoms with Gasteiger partial charge < -0.3 is 10.1 Å². The molecular weight excluding hydrogens is 571 g/mol. The molecular formula is C12H13I3NO2+. The Kier molecular flexibility index (Phi) is 5.15. The summed E-state index contributed by atoms with van der Waals surface area (Å²) in [5.74, 6) is -0.200. The van der Waals surface area contributed by atoms with Crippen LogP contribution in [0.25, 0.3) is 0 Å². The van der Waals surface area contributed by atoms with Crippen molar-refractivity contribution in [3.8, 4) is 0 Å². The van der Waals surface area contributed by atoms with Gasteiger partial charge in [-0.1, -0.05) is 0 Å². The zero-order valence-electron chi connectivity index (χ0n) is 9.80. The van der Waals surface area contributed by atoms with E-state index >= 15 is 0 Å². The summed E-state index contributed by atoms with van der Waals surface area (Å²) in [7, 11) is 0. The Morgan fingerprint density at radius 1 is 1.39 bits per heavy atom. The van der Waals surface area contributed by atoms with Crippen molar-refractivity contribution in [2.75, 3.05) is 13.1 Å². The number of carbonyl (C=O) groups excluding carboxylic acids is 1. The Hall–Kier alpha value is 0.840. The van der Waals surface area contributed by atoms with Gasteiger partial charge in [0.1, 0.15) is 6.54 Å². The first-order valence-corrected chi connectivity index (χ1v) is 8.84. The van der Waals surface area contributed by atoms with E-state index in [0.29, 0.717) is 5.56 Å². The molecule has 0 amide bonds. The van der Waals surface area contributed by atoms with E-state index in [0.717, 1.165) is 30.2 Å². The van der Waals surface area contributed by atoms with Crippen molar-refractivity contribution < 1.29 is 14.8 Å². The summed E-state index contributed by atoms with van der Waals surface area (Å²) in [6.45, 7) is 3.90. The highest BCUT2D eigenvalue weighted by atomic mass is 127. The number of ether oxygens (including phenoxy) is 1. The SMILES string of the molecule is CC1(OC(=O)c2cc(I)cc(I)c2I)CC[NH2+]C1. The van der Waals surface area contributed by atoms with Gasteiger partial charge in [0.05, 0.1) is 12.1 Å². The van der Waals surface area contributed by atoms with Crippen LogP contribution >= 0.6 is 67.8 Å². The molecule has 1 heterocycles. The molecule has 98 valence electrons. The third-order valence-electron chi connectivity index (χ3n) is 3.01. The Bertz CT molecular complexity index is 484. The van der Waals surface area contributed by atoms with E-state index in [9.17, 15) is 4.79 Å². The van der Waals surface area contributed by atoms with Gasteiger partial charge in [-0.2, -0.15) is 0 Å². The van der Waals surface area contributed by atoms with Crippen LogP contribution in [0.2, 0.25) is 0 Å². The smallest absolute Gasteiger partial charge is 0.340 e.